The van der Waals surface area contributed by atoms with Crippen molar-refractivity contribution in [3.05, 3.63) is 65.7 Å². The zero-order valence-electron chi connectivity index (χ0n) is 18.1. The number of carbonyl (C=O) groups excluding carboxylic acids is 1. The van der Waals surface area contributed by atoms with Crippen LogP contribution >= 0.6 is 24.0 Å². The number of aromatic hydroxyl groups is 1. The minimum Gasteiger partial charge on any atom is -0.508 e. The highest BCUT2D eigenvalue weighted by Gasteiger charge is 2.24. The van der Waals surface area contributed by atoms with E-state index in [1.807, 2.05) is 0 Å². The van der Waals surface area contributed by atoms with Crippen LogP contribution in [0.15, 0.2) is 59.6 Å². The first-order valence-corrected chi connectivity index (χ1v) is 10.8. The lowest BCUT2D eigenvalue weighted by molar-refractivity contribution is 0.0953. The SMILES string of the molecule is CCNC(=NCCCNC(=O)c1cccc(O)c1)N1CCC(Cc2ccccc2)C1.I. The second kappa shape index (κ2) is 13.2. The molecule has 1 heterocycles. The molecule has 6 nitrogen and oxygen atoms in total. The molecule has 0 aliphatic carbocycles. The Hall–Kier alpha value is -2.29. The van der Waals surface area contributed by atoms with E-state index in [-0.39, 0.29) is 35.6 Å². The van der Waals surface area contributed by atoms with Gasteiger partial charge in [-0.3, -0.25) is 9.79 Å². The molecule has 3 rings (SSSR count). The number of nitrogens with zero attached hydrogens (tertiary/aromatic N) is 2. The molecule has 168 valence electrons. The van der Waals surface area contributed by atoms with E-state index in [0.29, 0.717) is 24.6 Å². The van der Waals surface area contributed by atoms with Crippen molar-refractivity contribution < 1.29 is 9.90 Å². The van der Waals surface area contributed by atoms with Gasteiger partial charge in [0.1, 0.15) is 5.75 Å². The Balaban J connectivity index is 0.00000341. The fourth-order valence-electron chi connectivity index (χ4n) is 3.78. The highest BCUT2D eigenvalue weighted by Crippen LogP contribution is 2.21. The molecule has 2 aromatic carbocycles. The lowest BCUT2D eigenvalue weighted by atomic mass is 9.99. The Morgan fingerprint density at radius 3 is 2.71 bits per heavy atom. The molecular weight excluding hydrogens is 503 g/mol. The van der Waals surface area contributed by atoms with E-state index in [1.54, 1.807) is 18.2 Å². The Labute approximate surface area is 202 Å². The molecular formula is C24H33IN4O2. The van der Waals surface area contributed by atoms with E-state index >= 15 is 0 Å². The molecule has 1 atom stereocenters. The molecule has 1 unspecified atom stereocenters. The van der Waals surface area contributed by atoms with Gasteiger partial charge in [-0.15, -0.1) is 24.0 Å². The number of halogens is 1. The molecule has 7 heteroatoms. The van der Waals surface area contributed by atoms with Crippen molar-refractivity contribution in [1.29, 1.82) is 0 Å². The molecule has 0 radical (unpaired) electrons. The van der Waals surface area contributed by atoms with E-state index in [9.17, 15) is 9.90 Å². The van der Waals surface area contributed by atoms with Gasteiger partial charge in [-0.1, -0.05) is 36.4 Å². The summed E-state index contributed by atoms with van der Waals surface area (Å²) in [6.45, 7) is 6.18. The molecule has 3 N–H and O–H groups in total. The van der Waals surface area contributed by atoms with Crippen LogP contribution in [0.25, 0.3) is 0 Å². The molecule has 1 aliphatic heterocycles. The van der Waals surface area contributed by atoms with Gasteiger partial charge in [0.05, 0.1) is 0 Å². The molecule has 2 aromatic rings. The quantitative estimate of drug-likeness (QED) is 0.208. The number of phenols is 1. The number of rotatable bonds is 8. The topological polar surface area (TPSA) is 77.0 Å². The van der Waals surface area contributed by atoms with E-state index in [1.165, 1.54) is 18.1 Å². The summed E-state index contributed by atoms with van der Waals surface area (Å²) in [5, 5.41) is 15.8. The molecule has 0 saturated carbocycles. The van der Waals surface area contributed by atoms with Crippen molar-refractivity contribution >= 4 is 35.8 Å². The number of benzene rings is 2. The fourth-order valence-corrected chi connectivity index (χ4v) is 3.78. The normalized spacial score (nSPS) is 16.0. The maximum atomic E-state index is 12.1. The zero-order chi connectivity index (χ0) is 21.2. The third-order valence-corrected chi connectivity index (χ3v) is 5.28. The minimum atomic E-state index is -0.176. The molecule has 0 spiro atoms. The summed E-state index contributed by atoms with van der Waals surface area (Å²) in [4.78, 5) is 19.2. The van der Waals surface area contributed by atoms with E-state index < -0.39 is 0 Å². The first-order valence-electron chi connectivity index (χ1n) is 10.8. The first-order chi connectivity index (χ1) is 14.7. The summed E-state index contributed by atoms with van der Waals surface area (Å²) in [7, 11) is 0. The van der Waals surface area contributed by atoms with Gasteiger partial charge >= 0.3 is 0 Å². The zero-order valence-corrected chi connectivity index (χ0v) is 20.4. The lowest BCUT2D eigenvalue weighted by Gasteiger charge is -2.21. The van der Waals surface area contributed by atoms with Crippen LogP contribution < -0.4 is 10.6 Å². The van der Waals surface area contributed by atoms with Gasteiger partial charge in [-0.2, -0.15) is 0 Å². The number of nitrogens with one attached hydrogen (secondary N) is 2. The number of carbonyl (C=O) groups is 1. The molecule has 0 bridgehead atoms. The largest absolute Gasteiger partial charge is 0.508 e. The number of amides is 1. The van der Waals surface area contributed by atoms with Gasteiger partial charge in [0, 0.05) is 38.3 Å². The number of hydrogen-bond acceptors (Lipinski definition) is 3. The summed E-state index contributed by atoms with van der Waals surface area (Å²) >= 11 is 0. The van der Waals surface area contributed by atoms with E-state index in [0.717, 1.165) is 38.4 Å². The van der Waals surface area contributed by atoms with Gasteiger partial charge in [0.25, 0.3) is 5.91 Å². The Bertz CT molecular complexity index is 844. The van der Waals surface area contributed by atoms with Crippen molar-refractivity contribution in [1.82, 2.24) is 15.5 Å². The lowest BCUT2D eigenvalue weighted by Crippen LogP contribution is -2.40. The number of guanidine groups is 1. The number of hydrogen-bond donors (Lipinski definition) is 3. The van der Waals surface area contributed by atoms with Crippen LogP contribution in [0.2, 0.25) is 0 Å². The van der Waals surface area contributed by atoms with Gasteiger partial charge in [-0.25, -0.2) is 0 Å². The van der Waals surface area contributed by atoms with Crippen LogP contribution in [0.4, 0.5) is 0 Å². The molecule has 1 fully saturated rings. The first kappa shape index (κ1) is 25.0. The maximum absolute atomic E-state index is 12.1. The van der Waals surface area contributed by atoms with Gasteiger partial charge < -0.3 is 20.6 Å². The van der Waals surface area contributed by atoms with Crippen LogP contribution in [0.1, 0.15) is 35.7 Å². The monoisotopic (exact) mass is 536 g/mol. The number of phenolic OH excluding ortho intramolecular Hbond substituents is 1. The average Bonchev–Trinajstić information content (AvgIpc) is 3.21. The summed E-state index contributed by atoms with van der Waals surface area (Å²) in [6, 6.07) is 17.0. The third-order valence-electron chi connectivity index (χ3n) is 5.28. The van der Waals surface area contributed by atoms with Crippen molar-refractivity contribution in [3.8, 4) is 5.75 Å². The van der Waals surface area contributed by atoms with E-state index in [2.05, 4.69) is 52.8 Å². The molecule has 1 saturated heterocycles. The molecule has 31 heavy (non-hydrogen) atoms. The Kier molecular flexibility index (Phi) is 10.6. The van der Waals surface area contributed by atoms with Gasteiger partial charge in [0.15, 0.2) is 5.96 Å². The highest BCUT2D eigenvalue weighted by atomic mass is 127. The number of aliphatic imine (C=N–C) groups is 1. The van der Waals surface area contributed by atoms with Crippen LogP contribution in [-0.4, -0.2) is 54.6 Å². The van der Waals surface area contributed by atoms with Gasteiger partial charge in [0.2, 0.25) is 0 Å². The molecule has 1 aliphatic rings. The summed E-state index contributed by atoms with van der Waals surface area (Å²) in [5.74, 6) is 1.54. The summed E-state index contributed by atoms with van der Waals surface area (Å²) in [6.07, 6.45) is 3.05. The van der Waals surface area contributed by atoms with Crippen molar-refractivity contribution in [2.24, 2.45) is 10.9 Å². The van der Waals surface area contributed by atoms with Crippen LogP contribution in [0.5, 0.6) is 5.75 Å². The second-order valence-electron chi connectivity index (χ2n) is 7.69. The maximum Gasteiger partial charge on any atom is 0.251 e. The standard InChI is InChI=1S/C24H32N4O2.HI/c1-2-25-24(28-15-12-20(18-28)16-19-8-4-3-5-9-19)27-14-7-13-26-23(30)21-10-6-11-22(29)17-21;/h3-6,8-11,17,20,29H,2,7,12-16,18H2,1H3,(H,25,27)(H,26,30);1H. The predicted octanol–water partition coefficient (Wildman–Crippen LogP) is 3.66. The minimum absolute atomic E-state index is 0. The van der Waals surface area contributed by atoms with Crippen LogP contribution in [0, 0.1) is 5.92 Å². The average molecular weight is 536 g/mol. The number of likely N-dealkylation sites (tertiary alicyclic amines) is 1. The van der Waals surface area contributed by atoms with Crippen molar-refractivity contribution in [3.63, 3.8) is 0 Å². The highest BCUT2D eigenvalue weighted by molar-refractivity contribution is 14.0. The third kappa shape index (κ3) is 8.05. The molecule has 1 amide bonds. The van der Waals surface area contributed by atoms with Crippen molar-refractivity contribution in [2.45, 2.75) is 26.2 Å². The summed E-state index contributed by atoms with van der Waals surface area (Å²) in [5.41, 5.74) is 1.86. The summed E-state index contributed by atoms with van der Waals surface area (Å²) < 4.78 is 0. The van der Waals surface area contributed by atoms with Crippen molar-refractivity contribution in [2.75, 3.05) is 32.7 Å². The van der Waals surface area contributed by atoms with Crippen LogP contribution in [-0.2, 0) is 6.42 Å². The van der Waals surface area contributed by atoms with Gasteiger partial charge in [-0.05, 0) is 55.9 Å². The smallest absolute Gasteiger partial charge is 0.251 e. The Morgan fingerprint density at radius 2 is 1.97 bits per heavy atom. The predicted molar refractivity (Wildman–Crippen MR) is 136 cm³/mol. The fraction of sp³-hybridized carbons (Fsp3) is 0.417. The van der Waals surface area contributed by atoms with Crippen LogP contribution in [0.3, 0.4) is 0 Å². The van der Waals surface area contributed by atoms with E-state index in [4.69, 9.17) is 4.99 Å². The molecule has 0 aromatic heterocycles. The Morgan fingerprint density at radius 1 is 1.16 bits per heavy atom. The second-order valence-corrected chi connectivity index (χ2v) is 7.69.